The lowest BCUT2D eigenvalue weighted by molar-refractivity contribution is -0.139. The monoisotopic (exact) mass is 570 g/mol. The molecule has 3 heterocycles. The Hall–Kier alpha value is -3.67. The molecule has 3 fully saturated rings. The molecule has 2 unspecified atom stereocenters. The van der Waals surface area contributed by atoms with Gasteiger partial charge in [-0.05, 0) is 49.4 Å². The van der Waals surface area contributed by atoms with E-state index in [-0.39, 0.29) is 18.8 Å². The maximum Gasteiger partial charge on any atom is 0.417 e. The zero-order valence-electron chi connectivity index (χ0n) is 20.5. The number of anilines is 1. The van der Waals surface area contributed by atoms with Gasteiger partial charge in [0.15, 0.2) is 0 Å². The second kappa shape index (κ2) is 8.92. The Morgan fingerprint density at radius 1 is 0.975 bits per heavy atom. The molecule has 2 amide bonds. The minimum atomic E-state index is -4.96. The van der Waals surface area contributed by atoms with Crippen LogP contribution in [-0.4, -0.2) is 52.0 Å². The highest BCUT2D eigenvalue weighted by Gasteiger charge is 2.80. The van der Waals surface area contributed by atoms with Gasteiger partial charge in [-0.15, -0.1) is 0 Å². The number of rotatable bonds is 5. The topological polar surface area (TPSA) is 120 Å². The van der Waals surface area contributed by atoms with E-state index in [2.05, 4.69) is 0 Å². The van der Waals surface area contributed by atoms with Crippen molar-refractivity contribution in [1.29, 1.82) is 5.26 Å². The zero-order valence-corrected chi connectivity index (χ0v) is 20.5. The summed E-state index contributed by atoms with van der Waals surface area (Å²) < 4.78 is 90.6. The number of hydrogen-bond donors (Lipinski definition) is 2. The van der Waals surface area contributed by atoms with Gasteiger partial charge in [-0.25, -0.2) is 4.90 Å². The number of halogens is 6. The molecule has 6 atom stereocenters. The van der Waals surface area contributed by atoms with E-state index in [4.69, 9.17) is 14.7 Å². The number of amides is 2. The van der Waals surface area contributed by atoms with Crippen LogP contribution in [0.5, 0.6) is 5.75 Å². The smallest absolute Gasteiger partial charge is 0.417 e. The highest BCUT2D eigenvalue weighted by molar-refractivity contribution is 6.23. The van der Waals surface area contributed by atoms with Crippen molar-refractivity contribution < 1.29 is 55.6 Å². The van der Waals surface area contributed by atoms with Crippen LogP contribution in [0.1, 0.15) is 30.0 Å². The first-order valence-corrected chi connectivity index (χ1v) is 11.9. The molecule has 212 valence electrons. The molecular weight excluding hydrogens is 550 g/mol. The van der Waals surface area contributed by atoms with E-state index in [1.54, 1.807) is 0 Å². The summed E-state index contributed by atoms with van der Waals surface area (Å²) in [5.41, 5.74) is -7.08. The largest absolute Gasteiger partial charge is 0.493 e. The van der Waals surface area contributed by atoms with Gasteiger partial charge >= 0.3 is 12.4 Å². The van der Waals surface area contributed by atoms with Gasteiger partial charge in [0.25, 0.3) is 0 Å². The van der Waals surface area contributed by atoms with Gasteiger partial charge in [0.05, 0.1) is 46.9 Å². The number of nitrogens with zero attached hydrogens (tertiary/aromatic N) is 2. The van der Waals surface area contributed by atoms with E-state index >= 15 is 0 Å². The quantitative estimate of drug-likeness (QED) is 0.418. The summed E-state index contributed by atoms with van der Waals surface area (Å²) in [5, 5.41) is 30.8. The first kappa shape index (κ1) is 27.9. The average molecular weight is 570 g/mol. The van der Waals surface area contributed by atoms with Gasteiger partial charge in [0.1, 0.15) is 29.2 Å². The molecule has 3 aliphatic heterocycles. The van der Waals surface area contributed by atoms with Gasteiger partial charge in [-0.2, -0.15) is 31.6 Å². The maximum absolute atomic E-state index is 13.6. The van der Waals surface area contributed by atoms with Crippen molar-refractivity contribution in [2.45, 2.75) is 49.1 Å². The Morgan fingerprint density at radius 3 is 2.17 bits per heavy atom. The molecule has 2 N–H and O–H groups in total. The summed E-state index contributed by atoms with van der Waals surface area (Å²) in [6.07, 6.45) is -13.2. The van der Waals surface area contributed by atoms with Crippen molar-refractivity contribution in [3.05, 3.63) is 59.2 Å². The number of ether oxygens (including phenoxy) is 2. The van der Waals surface area contributed by atoms with Crippen LogP contribution in [-0.2, 0) is 26.7 Å². The molecule has 0 radical (unpaired) electrons. The summed E-state index contributed by atoms with van der Waals surface area (Å²) in [6.45, 7) is 0.990. The molecule has 2 aromatic rings. The van der Waals surface area contributed by atoms with Gasteiger partial charge in [-0.1, -0.05) is 0 Å². The summed E-state index contributed by atoms with van der Waals surface area (Å²) >= 11 is 0. The number of nitriles is 1. The van der Waals surface area contributed by atoms with E-state index < -0.39 is 81.8 Å². The fraction of sp³-hybridized carbons (Fsp3) is 0.423. The van der Waals surface area contributed by atoms with E-state index in [1.807, 2.05) is 0 Å². The number of benzene rings is 2. The van der Waals surface area contributed by atoms with Crippen LogP contribution in [0.25, 0.3) is 0 Å². The third-order valence-electron chi connectivity index (χ3n) is 7.88. The van der Waals surface area contributed by atoms with Gasteiger partial charge in [0.2, 0.25) is 11.8 Å². The van der Waals surface area contributed by atoms with Gasteiger partial charge in [-0.3, -0.25) is 9.59 Å². The molecule has 2 bridgehead atoms. The third-order valence-corrected chi connectivity index (χ3v) is 7.88. The van der Waals surface area contributed by atoms with Crippen LogP contribution in [0.15, 0.2) is 42.5 Å². The van der Waals surface area contributed by atoms with Crippen LogP contribution in [0.4, 0.5) is 32.0 Å². The first-order chi connectivity index (χ1) is 18.6. The molecule has 0 aliphatic carbocycles. The van der Waals surface area contributed by atoms with Crippen molar-refractivity contribution in [3.8, 4) is 11.8 Å². The molecule has 0 spiro atoms. The Morgan fingerprint density at radius 2 is 1.60 bits per heavy atom. The molecule has 0 saturated carbocycles. The number of carbonyl (C=O) groups excluding carboxylic acids is 2. The minimum Gasteiger partial charge on any atom is -0.493 e. The molecule has 3 aliphatic rings. The summed E-state index contributed by atoms with van der Waals surface area (Å²) in [4.78, 5) is 27.6. The van der Waals surface area contributed by atoms with Crippen molar-refractivity contribution in [2.24, 2.45) is 11.8 Å². The van der Waals surface area contributed by atoms with Gasteiger partial charge in [0, 0.05) is 6.42 Å². The third kappa shape index (κ3) is 3.94. The predicted octanol–water partition coefficient (Wildman–Crippen LogP) is 3.43. The summed E-state index contributed by atoms with van der Waals surface area (Å²) in [7, 11) is 0. The highest BCUT2D eigenvalue weighted by Crippen LogP contribution is 2.62. The van der Waals surface area contributed by atoms with Crippen LogP contribution in [0.3, 0.4) is 0 Å². The fourth-order valence-corrected chi connectivity index (χ4v) is 6.03. The standard InChI is InChI=1S/C26H20F6N2O6/c1-23-17-18(22(38)34(21(17)37)14-5-2-12(11-33)16(10-14)26(30,31)32)24(40-23,20(36)19(23)35)8-9-39-15-6-3-13(4-7-15)25(27,28)29/h2-7,10,17-20,35-36H,8-9H2,1H3/t17-,18+,19-,20?,23+,24?/m0/s1. The molecule has 14 heteroatoms. The van der Waals surface area contributed by atoms with Gasteiger partial charge < -0.3 is 19.7 Å². The van der Waals surface area contributed by atoms with Crippen molar-refractivity contribution in [1.82, 2.24) is 0 Å². The van der Waals surface area contributed by atoms with Crippen molar-refractivity contribution >= 4 is 17.5 Å². The fourth-order valence-electron chi connectivity index (χ4n) is 6.03. The van der Waals surface area contributed by atoms with E-state index in [0.29, 0.717) is 11.0 Å². The average Bonchev–Trinajstić information content (AvgIpc) is 3.39. The Kier molecular flexibility index (Phi) is 6.22. The number of carbonyl (C=O) groups is 2. The molecule has 0 aromatic heterocycles. The molecule has 8 nitrogen and oxygen atoms in total. The number of alkyl halides is 6. The first-order valence-electron chi connectivity index (χ1n) is 11.9. The van der Waals surface area contributed by atoms with Crippen LogP contribution in [0, 0.1) is 23.2 Å². The summed E-state index contributed by atoms with van der Waals surface area (Å²) in [6, 6.07) is 7.50. The minimum absolute atomic E-state index is 0.0301. The lowest BCUT2D eigenvalue weighted by Crippen LogP contribution is -2.58. The lowest BCUT2D eigenvalue weighted by Gasteiger charge is -2.37. The van der Waals surface area contributed by atoms with E-state index in [9.17, 15) is 46.1 Å². The molecular formula is C26H20F6N2O6. The number of fused-ring (bicyclic) bond motifs is 5. The van der Waals surface area contributed by atoms with Crippen LogP contribution < -0.4 is 9.64 Å². The Labute approximate surface area is 222 Å². The zero-order chi connectivity index (χ0) is 29.4. The maximum atomic E-state index is 13.6. The van der Waals surface area contributed by atoms with Crippen LogP contribution in [0.2, 0.25) is 0 Å². The molecule has 40 heavy (non-hydrogen) atoms. The lowest BCUT2D eigenvalue weighted by atomic mass is 9.64. The second-order valence-corrected chi connectivity index (χ2v) is 10.1. The van der Waals surface area contributed by atoms with E-state index in [1.165, 1.54) is 13.0 Å². The number of imide groups is 1. The van der Waals surface area contributed by atoms with E-state index in [0.717, 1.165) is 36.4 Å². The normalized spacial score (nSPS) is 31.4. The Balaban J connectivity index is 1.45. The molecule has 5 rings (SSSR count). The van der Waals surface area contributed by atoms with Crippen molar-refractivity contribution in [2.75, 3.05) is 11.5 Å². The van der Waals surface area contributed by atoms with Crippen molar-refractivity contribution in [3.63, 3.8) is 0 Å². The molecule has 3 saturated heterocycles. The van der Waals surface area contributed by atoms with Crippen LogP contribution >= 0.6 is 0 Å². The Bertz CT molecular complexity index is 1420. The number of aliphatic hydroxyl groups is 2. The molecule has 2 aromatic carbocycles. The second-order valence-electron chi connectivity index (χ2n) is 10.1. The number of aliphatic hydroxyl groups excluding tert-OH is 2. The SMILES string of the molecule is C[C@]12OC(CCOc3ccc(C(F)(F)F)cc3)(C(O)[C@@H]1O)[C@H]1C(=O)N(c3ccc(C#N)c(C(F)(F)F)c3)C(=O)[C@H]12. The number of hydrogen-bond acceptors (Lipinski definition) is 7. The predicted molar refractivity (Wildman–Crippen MR) is 121 cm³/mol. The highest BCUT2D eigenvalue weighted by atomic mass is 19.4. The summed E-state index contributed by atoms with van der Waals surface area (Å²) in [5.74, 6) is -4.68.